The molecule has 2 atom stereocenters. The van der Waals surface area contributed by atoms with Gasteiger partial charge in [0.2, 0.25) is 0 Å². The Bertz CT molecular complexity index is 370. The first-order valence-electron chi connectivity index (χ1n) is 4.36. The standard InChI is InChI=1S/C9H8N2OS/c12-7-5-1-3-10-8(5)11-9-6(7)2-4-13-9/h1,3,5-6H,2,4H2. The minimum absolute atomic E-state index is 0.0803. The van der Waals surface area contributed by atoms with Gasteiger partial charge in [0.15, 0.2) is 5.78 Å². The molecule has 0 aromatic rings. The summed E-state index contributed by atoms with van der Waals surface area (Å²) in [5.41, 5.74) is 0. The van der Waals surface area contributed by atoms with Gasteiger partial charge in [-0.15, -0.1) is 11.8 Å². The fourth-order valence-corrected chi connectivity index (χ4v) is 3.06. The summed E-state index contributed by atoms with van der Waals surface area (Å²) >= 11 is 1.70. The minimum atomic E-state index is -0.132. The van der Waals surface area contributed by atoms with Gasteiger partial charge in [-0.25, -0.2) is 9.98 Å². The van der Waals surface area contributed by atoms with Crippen molar-refractivity contribution in [2.75, 3.05) is 5.75 Å². The second-order valence-electron chi connectivity index (χ2n) is 3.35. The molecule has 0 N–H and O–H groups in total. The van der Waals surface area contributed by atoms with Crippen molar-refractivity contribution in [2.24, 2.45) is 21.8 Å². The second kappa shape index (κ2) is 2.54. The minimum Gasteiger partial charge on any atom is -0.298 e. The molecule has 1 fully saturated rings. The summed E-state index contributed by atoms with van der Waals surface area (Å²) in [5, 5.41) is 0.990. The van der Waals surface area contributed by atoms with E-state index in [2.05, 4.69) is 9.98 Å². The van der Waals surface area contributed by atoms with E-state index in [1.807, 2.05) is 6.08 Å². The zero-order valence-corrected chi connectivity index (χ0v) is 7.75. The molecule has 3 aliphatic rings. The lowest BCUT2D eigenvalue weighted by Gasteiger charge is -2.19. The molecule has 0 spiro atoms. The van der Waals surface area contributed by atoms with Crippen molar-refractivity contribution in [2.45, 2.75) is 6.42 Å². The van der Waals surface area contributed by atoms with Crippen molar-refractivity contribution < 1.29 is 4.79 Å². The first kappa shape index (κ1) is 7.50. The monoisotopic (exact) mass is 192 g/mol. The Morgan fingerprint density at radius 1 is 1.54 bits per heavy atom. The van der Waals surface area contributed by atoms with Crippen molar-refractivity contribution in [1.29, 1.82) is 0 Å². The maximum absolute atomic E-state index is 11.9. The molecule has 2 unspecified atom stereocenters. The molecule has 1 saturated heterocycles. The number of nitrogens with zero attached hydrogens (tertiary/aromatic N) is 2. The van der Waals surface area contributed by atoms with E-state index in [1.54, 1.807) is 18.0 Å². The van der Waals surface area contributed by atoms with Gasteiger partial charge < -0.3 is 0 Å². The fraction of sp³-hybridized carbons (Fsp3) is 0.444. The molecule has 3 nitrogen and oxygen atoms in total. The van der Waals surface area contributed by atoms with Crippen molar-refractivity contribution in [3.8, 4) is 0 Å². The number of rotatable bonds is 0. The number of aliphatic imine (C=N–C) groups is 2. The van der Waals surface area contributed by atoms with Crippen molar-refractivity contribution in [3.05, 3.63) is 12.3 Å². The maximum atomic E-state index is 11.9. The number of ketones is 1. The molecule has 3 rings (SSSR count). The average Bonchev–Trinajstić information content (AvgIpc) is 2.71. The number of hydrogen-bond donors (Lipinski definition) is 0. The van der Waals surface area contributed by atoms with E-state index in [4.69, 9.17) is 0 Å². The van der Waals surface area contributed by atoms with Crippen molar-refractivity contribution >= 4 is 28.4 Å². The van der Waals surface area contributed by atoms with Crippen LogP contribution in [0, 0.1) is 11.8 Å². The van der Waals surface area contributed by atoms with E-state index in [-0.39, 0.29) is 11.8 Å². The Kier molecular flexibility index (Phi) is 1.47. The highest BCUT2D eigenvalue weighted by Crippen LogP contribution is 2.35. The Morgan fingerprint density at radius 2 is 2.46 bits per heavy atom. The van der Waals surface area contributed by atoms with Gasteiger partial charge in [0.1, 0.15) is 5.84 Å². The van der Waals surface area contributed by atoms with Crippen LogP contribution in [0.2, 0.25) is 0 Å². The van der Waals surface area contributed by atoms with Crippen molar-refractivity contribution in [3.63, 3.8) is 0 Å². The molecule has 66 valence electrons. The third-order valence-electron chi connectivity index (χ3n) is 2.59. The molecular weight excluding hydrogens is 184 g/mol. The third-order valence-corrected chi connectivity index (χ3v) is 3.70. The van der Waals surface area contributed by atoms with E-state index in [0.29, 0.717) is 11.6 Å². The van der Waals surface area contributed by atoms with Crippen LogP contribution in [0.5, 0.6) is 0 Å². The molecule has 0 aromatic heterocycles. The number of fused-ring (bicyclic) bond motifs is 2. The van der Waals surface area contributed by atoms with Crippen molar-refractivity contribution in [1.82, 2.24) is 0 Å². The maximum Gasteiger partial charge on any atom is 0.157 e. The zero-order valence-electron chi connectivity index (χ0n) is 6.93. The van der Waals surface area contributed by atoms with Crippen LogP contribution in [-0.2, 0) is 4.79 Å². The zero-order chi connectivity index (χ0) is 8.84. The molecule has 3 heterocycles. The molecule has 0 aliphatic carbocycles. The highest BCUT2D eigenvalue weighted by atomic mass is 32.2. The Morgan fingerprint density at radius 3 is 3.38 bits per heavy atom. The number of carbonyl (C=O) groups is 1. The lowest BCUT2D eigenvalue weighted by atomic mass is 9.89. The van der Waals surface area contributed by atoms with Gasteiger partial charge in [-0.1, -0.05) is 0 Å². The smallest absolute Gasteiger partial charge is 0.157 e. The number of Topliss-reactive ketones (excluding diaryl/α,β-unsaturated/α-hetero) is 1. The van der Waals surface area contributed by atoms with Gasteiger partial charge in [0, 0.05) is 12.0 Å². The second-order valence-corrected chi connectivity index (χ2v) is 4.46. The normalized spacial score (nSPS) is 35.5. The summed E-state index contributed by atoms with van der Waals surface area (Å²) in [6.45, 7) is 0. The molecule has 3 aliphatic heterocycles. The average molecular weight is 192 g/mol. The number of amidine groups is 1. The van der Waals surface area contributed by atoms with E-state index in [0.717, 1.165) is 17.2 Å². The van der Waals surface area contributed by atoms with Crippen LogP contribution in [0.1, 0.15) is 6.42 Å². The van der Waals surface area contributed by atoms with E-state index in [1.165, 1.54) is 0 Å². The van der Waals surface area contributed by atoms with Crippen LogP contribution in [0.25, 0.3) is 0 Å². The molecular formula is C9H8N2OS. The molecule has 0 radical (unpaired) electrons. The Labute approximate surface area is 80.0 Å². The summed E-state index contributed by atoms with van der Waals surface area (Å²) in [6, 6.07) is 0. The lowest BCUT2D eigenvalue weighted by Crippen LogP contribution is -2.33. The predicted octanol–water partition coefficient (Wildman–Crippen LogP) is 1.26. The summed E-state index contributed by atoms with van der Waals surface area (Å²) in [4.78, 5) is 20.3. The van der Waals surface area contributed by atoms with Gasteiger partial charge in [-0.3, -0.25) is 4.79 Å². The number of thioether (sulfide) groups is 1. The molecule has 4 heteroatoms. The van der Waals surface area contributed by atoms with Gasteiger partial charge >= 0.3 is 0 Å². The first-order valence-corrected chi connectivity index (χ1v) is 5.34. The topological polar surface area (TPSA) is 41.8 Å². The lowest BCUT2D eigenvalue weighted by molar-refractivity contribution is -0.121. The largest absolute Gasteiger partial charge is 0.298 e. The van der Waals surface area contributed by atoms with Gasteiger partial charge in [0.05, 0.1) is 16.9 Å². The fourth-order valence-electron chi connectivity index (χ4n) is 1.90. The highest BCUT2D eigenvalue weighted by Gasteiger charge is 2.40. The first-order chi connectivity index (χ1) is 6.36. The third kappa shape index (κ3) is 0.950. The summed E-state index contributed by atoms with van der Waals surface area (Å²) < 4.78 is 0. The van der Waals surface area contributed by atoms with Crippen LogP contribution in [0.4, 0.5) is 0 Å². The quantitative estimate of drug-likeness (QED) is 0.580. The predicted molar refractivity (Wildman–Crippen MR) is 53.1 cm³/mol. The van der Waals surface area contributed by atoms with E-state index < -0.39 is 0 Å². The summed E-state index contributed by atoms with van der Waals surface area (Å²) in [6.07, 6.45) is 4.49. The van der Waals surface area contributed by atoms with Crippen LogP contribution < -0.4 is 0 Å². The summed E-state index contributed by atoms with van der Waals surface area (Å²) in [7, 11) is 0. The van der Waals surface area contributed by atoms with Gasteiger partial charge in [0.25, 0.3) is 0 Å². The molecule has 0 amide bonds. The van der Waals surface area contributed by atoms with Gasteiger partial charge in [-0.2, -0.15) is 0 Å². The Balaban J connectivity index is 2.09. The number of hydrogen-bond acceptors (Lipinski definition) is 4. The summed E-state index contributed by atoms with van der Waals surface area (Å²) in [5.74, 6) is 1.97. The van der Waals surface area contributed by atoms with E-state index in [9.17, 15) is 4.79 Å². The number of carbonyl (C=O) groups excluding carboxylic acids is 1. The van der Waals surface area contributed by atoms with E-state index >= 15 is 0 Å². The Hall–Kier alpha value is -0.900. The van der Waals surface area contributed by atoms with Crippen LogP contribution >= 0.6 is 11.8 Å². The van der Waals surface area contributed by atoms with Crippen LogP contribution in [0.15, 0.2) is 22.3 Å². The van der Waals surface area contributed by atoms with Crippen LogP contribution in [-0.4, -0.2) is 22.4 Å². The van der Waals surface area contributed by atoms with Gasteiger partial charge in [-0.05, 0) is 12.5 Å². The highest BCUT2D eigenvalue weighted by molar-refractivity contribution is 8.14. The molecule has 13 heavy (non-hydrogen) atoms. The molecule has 0 saturated carbocycles. The molecule has 0 aromatic carbocycles. The van der Waals surface area contributed by atoms with Crippen LogP contribution in [0.3, 0.4) is 0 Å². The molecule has 0 bridgehead atoms. The SMILES string of the molecule is O=C1C2C=CN=C2N=C2SCCC12.